The van der Waals surface area contributed by atoms with E-state index in [0.29, 0.717) is 10.6 Å². The average molecular weight is 450 g/mol. The molecule has 2 rings (SSSR count). The number of anilines is 2. The molecule has 0 fully saturated rings. The van der Waals surface area contributed by atoms with Crippen molar-refractivity contribution >= 4 is 74.6 Å². The molecule has 0 aliphatic carbocycles. The van der Waals surface area contributed by atoms with Crippen LogP contribution in [0.3, 0.4) is 0 Å². The van der Waals surface area contributed by atoms with Crippen molar-refractivity contribution in [1.29, 1.82) is 0 Å². The molecular weight excluding hydrogens is 435 g/mol. The van der Waals surface area contributed by atoms with Crippen molar-refractivity contribution in [1.82, 2.24) is 0 Å². The van der Waals surface area contributed by atoms with Gasteiger partial charge < -0.3 is 15.4 Å². The molecule has 0 aliphatic rings. The van der Waals surface area contributed by atoms with Crippen molar-refractivity contribution in [3.63, 3.8) is 0 Å². The SMILES string of the molecule is CC(=O)Nc1sc(C)c(C)c1C(=O)OCC(=O)Nc1cc(Cl)c(Cl)cc1Cl. The highest BCUT2D eigenvalue weighted by molar-refractivity contribution is 7.16. The number of rotatable bonds is 5. The smallest absolute Gasteiger partial charge is 0.341 e. The Bertz CT molecular complexity index is 927. The van der Waals surface area contributed by atoms with Crippen LogP contribution in [-0.4, -0.2) is 24.4 Å². The third kappa shape index (κ3) is 5.35. The summed E-state index contributed by atoms with van der Waals surface area (Å²) in [7, 11) is 0. The largest absolute Gasteiger partial charge is 0.452 e. The van der Waals surface area contributed by atoms with Gasteiger partial charge in [-0.3, -0.25) is 9.59 Å². The molecule has 0 atom stereocenters. The zero-order valence-corrected chi connectivity index (χ0v) is 17.6. The first kappa shape index (κ1) is 21.5. The van der Waals surface area contributed by atoms with Crippen LogP contribution in [0, 0.1) is 13.8 Å². The fraction of sp³-hybridized carbons (Fsp3) is 0.235. The molecule has 2 aromatic rings. The monoisotopic (exact) mass is 448 g/mol. The Morgan fingerprint density at radius 1 is 1.04 bits per heavy atom. The summed E-state index contributed by atoms with van der Waals surface area (Å²) in [5.41, 5.74) is 1.16. The molecule has 0 radical (unpaired) electrons. The molecule has 6 nitrogen and oxygen atoms in total. The van der Waals surface area contributed by atoms with E-state index in [9.17, 15) is 14.4 Å². The normalized spacial score (nSPS) is 10.4. The number of thiophene rings is 1. The van der Waals surface area contributed by atoms with Gasteiger partial charge in [0.15, 0.2) is 6.61 Å². The number of amides is 2. The highest BCUT2D eigenvalue weighted by atomic mass is 35.5. The van der Waals surface area contributed by atoms with E-state index in [0.717, 1.165) is 4.88 Å². The van der Waals surface area contributed by atoms with E-state index in [-0.39, 0.29) is 32.2 Å². The Balaban J connectivity index is 2.07. The molecule has 10 heteroatoms. The molecule has 27 heavy (non-hydrogen) atoms. The summed E-state index contributed by atoms with van der Waals surface area (Å²) in [4.78, 5) is 36.6. The Hall–Kier alpha value is -1.80. The lowest BCUT2D eigenvalue weighted by atomic mass is 10.1. The summed E-state index contributed by atoms with van der Waals surface area (Å²) in [6.45, 7) is 4.36. The Morgan fingerprint density at radius 3 is 2.30 bits per heavy atom. The van der Waals surface area contributed by atoms with Crippen LogP contribution in [0.4, 0.5) is 10.7 Å². The number of carbonyl (C=O) groups excluding carboxylic acids is 3. The third-order valence-electron chi connectivity index (χ3n) is 3.50. The maximum atomic E-state index is 12.4. The van der Waals surface area contributed by atoms with Crippen molar-refractivity contribution in [2.75, 3.05) is 17.2 Å². The number of hydrogen-bond acceptors (Lipinski definition) is 5. The van der Waals surface area contributed by atoms with Crippen LogP contribution >= 0.6 is 46.1 Å². The molecule has 0 saturated carbocycles. The highest BCUT2D eigenvalue weighted by Crippen LogP contribution is 2.33. The second-order valence-corrected chi connectivity index (χ2v) is 7.99. The summed E-state index contributed by atoms with van der Waals surface area (Å²) in [5, 5.41) is 6.14. The number of esters is 1. The van der Waals surface area contributed by atoms with Crippen molar-refractivity contribution in [2.45, 2.75) is 20.8 Å². The van der Waals surface area contributed by atoms with E-state index in [1.165, 1.54) is 30.4 Å². The summed E-state index contributed by atoms with van der Waals surface area (Å²) in [6.07, 6.45) is 0. The van der Waals surface area contributed by atoms with Crippen LogP contribution in [0.15, 0.2) is 12.1 Å². The number of benzene rings is 1. The van der Waals surface area contributed by atoms with E-state index in [1.807, 2.05) is 6.92 Å². The molecule has 0 aliphatic heterocycles. The number of carbonyl (C=O) groups is 3. The van der Waals surface area contributed by atoms with Crippen LogP contribution in [0.1, 0.15) is 27.7 Å². The van der Waals surface area contributed by atoms with Crippen molar-refractivity contribution < 1.29 is 19.1 Å². The zero-order chi connectivity index (χ0) is 20.3. The Labute approximate surface area is 174 Å². The molecule has 1 aromatic carbocycles. The van der Waals surface area contributed by atoms with Crippen LogP contribution in [0.2, 0.25) is 15.1 Å². The summed E-state index contributed by atoms with van der Waals surface area (Å²) in [6, 6.07) is 2.79. The van der Waals surface area contributed by atoms with Crippen molar-refractivity contribution in [3.05, 3.63) is 43.2 Å². The van der Waals surface area contributed by atoms with Gasteiger partial charge in [-0.15, -0.1) is 11.3 Å². The van der Waals surface area contributed by atoms with Crippen molar-refractivity contribution in [2.24, 2.45) is 0 Å². The first-order valence-electron chi connectivity index (χ1n) is 7.59. The summed E-state index contributed by atoms with van der Waals surface area (Å²) >= 11 is 19.0. The lowest BCUT2D eigenvalue weighted by molar-refractivity contribution is -0.119. The third-order valence-corrected chi connectivity index (χ3v) is 5.65. The van der Waals surface area contributed by atoms with Gasteiger partial charge in [0, 0.05) is 11.8 Å². The second-order valence-electron chi connectivity index (χ2n) is 5.54. The van der Waals surface area contributed by atoms with E-state index in [1.54, 1.807) is 6.92 Å². The molecule has 1 heterocycles. The first-order valence-corrected chi connectivity index (χ1v) is 9.54. The number of halogens is 3. The Kier molecular flexibility index (Phi) is 7.11. The van der Waals surface area contributed by atoms with E-state index < -0.39 is 18.5 Å². The maximum Gasteiger partial charge on any atom is 0.341 e. The predicted molar refractivity (Wildman–Crippen MR) is 108 cm³/mol. The summed E-state index contributed by atoms with van der Waals surface area (Å²) in [5.74, 6) is -1.62. The van der Waals surface area contributed by atoms with E-state index in [2.05, 4.69) is 10.6 Å². The van der Waals surface area contributed by atoms with E-state index >= 15 is 0 Å². The molecule has 0 spiro atoms. The van der Waals surface area contributed by atoms with Gasteiger partial charge in [0.05, 0.1) is 26.3 Å². The quantitative estimate of drug-likeness (QED) is 0.492. The van der Waals surface area contributed by atoms with Gasteiger partial charge in [0.1, 0.15) is 5.00 Å². The van der Waals surface area contributed by atoms with Gasteiger partial charge in [-0.25, -0.2) is 4.79 Å². The molecule has 2 N–H and O–H groups in total. The maximum absolute atomic E-state index is 12.4. The van der Waals surface area contributed by atoms with Gasteiger partial charge >= 0.3 is 5.97 Å². The van der Waals surface area contributed by atoms with Crippen LogP contribution in [0.5, 0.6) is 0 Å². The second kappa shape index (κ2) is 8.93. The highest BCUT2D eigenvalue weighted by Gasteiger charge is 2.22. The van der Waals surface area contributed by atoms with Gasteiger partial charge in [0.25, 0.3) is 5.91 Å². The number of ether oxygens (including phenoxy) is 1. The zero-order valence-electron chi connectivity index (χ0n) is 14.5. The summed E-state index contributed by atoms with van der Waals surface area (Å²) < 4.78 is 5.07. The van der Waals surface area contributed by atoms with Crippen LogP contribution < -0.4 is 10.6 Å². The fourth-order valence-corrected chi connectivity index (χ4v) is 3.82. The molecule has 1 aromatic heterocycles. The fourth-order valence-electron chi connectivity index (χ4n) is 2.13. The number of nitrogens with one attached hydrogen (secondary N) is 2. The standard InChI is InChI=1S/C17H15Cl3N2O4S/c1-7-8(2)27-16(21-9(3)23)15(7)17(25)26-6-14(24)22-13-5-11(19)10(18)4-12(13)20/h4-5H,6H2,1-3H3,(H,21,23)(H,22,24). The lowest BCUT2D eigenvalue weighted by Gasteiger charge is -2.10. The Morgan fingerprint density at radius 2 is 1.67 bits per heavy atom. The number of hydrogen-bond donors (Lipinski definition) is 2. The topological polar surface area (TPSA) is 84.5 Å². The lowest BCUT2D eigenvalue weighted by Crippen LogP contribution is -2.22. The minimum absolute atomic E-state index is 0.196. The van der Waals surface area contributed by atoms with Gasteiger partial charge in [0.2, 0.25) is 5.91 Å². The molecule has 2 amide bonds. The molecule has 0 bridgehead atoms. The molecular formula is C17H15Cl3N2O4S. The first-order chi connectivity index (χ1) is 12.6. The average Bonchev–Trinajstić information content (AvgIpc) is 2.83. The van der Waals surface area contributed by atoms with Crippen LogP contribution in [0.25, 0.3) is 0 Å². The molecule has 0 saturated heterocycles. The number of aryl methyl sites for hydroxylation is 1. The minimum Gasteiger partial charge on any atom is -0.452 e. The van der Waals surface area contributed by atoms with Crippen molar-refractivity contribution in [3.8, 4) is 0 Å². The molecule has 144 valence electrons. The molecule has 0 unspecified atom stereocenters. The van der Waals surface area contributed by atoms with Gasteiger partial charge in [-0.1, -0.05) is 34.8 Å². The van der Waals surface area contributed by atoms with Crippen LogP contribution in [-0.2, 0) is 14.3 Å². The predicted octanol–water partition coefficient (Wildman–Crippen LogP) is 5.08. The van der Waals surface area contributed by atoms with Gasteiger partial charge in [-0.2, -0.15) is 0 Å². The minimum atomic E-state index is -0.712. The van der Waals surface area contributed by atoms with E-state index in [4.69, 9.17) is 39.5 Å². The van der Waals surface area contributed by atoms with Gasteiger partial charge in [-0.05, 0) is 31.5 Å².